The van der Waals surface area contributed by atoms with Crippen LogP contribution in [0.1, 0.15) is 11.1 Å². The summed E-state index contributed by atoms with van der Waals surface area (Å²) < 4.78 is 5.27. The van der Waals surface area contributed by atoms with Crippen molar-refractivity contribution in [3.8, 4) is 11.3 Å². The molecule has 0 fully saturated rings. The summed E-state index contributed by atoms with van der Waals surface area (Å²) in [6.07, 6.45) is 3.20. The molecule has 2 nitrogen and oxygen atoms in total. The summed E-state index contributed by atoms with van der Waals surface area (Å²) in [5.41, 5.74) is 3.59. The molecule has 66 valence electrons. The Bertz CT molecular complexity index is 384. The van der Waals surface area contributed by atoms with Crippen LogP contribution >= 0.6 is 0 Å². The minimum absolute atomic E-state index is 0.843. The first-order valence-electron chi connectivity index (χ1n) is 4.24. The van der Waals surface area contributed by atoms with Crippen LogP contribution in [0, 0.1) is 13.8 Å². The average molecular weight is 173 g/mol. The Balaban J connectivity index is 2.64. The zero-order valence-electron chi connectivity index (χ0n) is 7.74. The second-order valence-electron chi connectivity index (χ2n) is 3.13. The first-order chi connectivity index (χ1) is 6.29. The fourth-order valence-corrected chi connectivity index (χ4v) is 1.54. The Labute approximate surface area is 77.2 Å². The SMILES string of the molecule is Cc1cccc(C)c1-c1cnco1. The van der Waals surface area contributed by atoms with Crippen molar-refractivity contribution in [1.82, 2.24) is 4.98 Å². The number of rotatable bonds is 1. The molecular formula is C11H11NO. The predicted octanol–water partition coefficient (Wildman–Crippen LogP) is 2.96. The molecule has 13 heavy (non-hydrogen) atoms. The van der Waals surface area contributed by atoms with E-state index >= 15 is 0 Å². The van der Waals surface area contributed by atoms with Crippen molar-refractivity contribution in [2.75, 3.05) is 0 Å². The second kappa shape index (κ2) is 3.05. The van der Waals surface area contributed by atoms with E-state index in [2.05, 4.69) is 31.0 Å². The third-order valence-electron chi connectivity index (χ3n) is 2.16. The minimum Gasteiger partial charge on any atom is -0.444 e. The number of aryl methyl sites for hydroxylation is 2. The van der Waals surface area contributed by atoms with Gasteiger partial charge in [-0.05, 0) is 25.0 Å². The standard InChI is InChI=1S/C11H11NO/c1-8-4-3-5-9(2)11(8)10-6-12-7-13-10/h3-7H,1-2H3. The number of oxazole rings is 1. The highest BCUT2D eigenvalue weighted by Gasteiger charge is 2.07. The Morgan fingerprint density at radius 1 is 1.15 bits per heavy atom. The molecule has 0 bridgehead atoms. The molecule has 2 heteroatoms. The van der Waals surface area contributed by atoms with Crippen LogP contribution in [-0.4, -0.2) is 4.98 Å². The highest BCUT2D eigenvalue weighted by molar-refractivity contribution is 5.65. The van der Waals surface area contributed by atoms with Gasteiger partial charge in [0.15, 0.2) is 12.2 Å². The summed E-state index contributed by atoms with van der Waals surface area (Å²) >= 11 is 0. The Morgan fingerprint density at radius 2 is 1.85 bits per heavy atom. The van der Waals surface area contributed by atoms with Gasteiger partial charge in [-0.3, -0.25) is 0 Å². The van der Waals surface area contributed by atoms with Gasteiger partial charge in [-0.15, -0.1) is 0 Å². The molecule has 2 rings (SSSR count). The highest BCUT2D eigenvalue weighted by atomic mass is 16.3. The lowest BCUT2D eigenvalue weighted by Crippen LogP contribution is -1.85. The summed E-state index contributed by atoms with van der Waals surface area (Å²) in [5.74, 6) is 0.843. The molecule has 0 saturated carbocycles. The molecule has 0 atom stereocenters. The number of aromatic nitrogens is 1. The molecule has 2 aromatic rings. The van der Waals surface area contributed by atoms with Crippen LogP contribution in [0.2, 0.25) is 0 Å². The van der Waals surface area contributed by atoms with Crippen molar-refractivity contribution in [1.29, 1.82) is 0 Å². The summed E-state index contributed by atoms with van der Waals surface area (Å²) in [7, 11) is 0. The fourth-order valence-electron chi connectivity index (χ4n) is 1.54. The molecule has 0 saturated heterocycles. The monoisotopic (exact) mass is 173 g/mol. The lowest BCUT2D eigenvalue weighted by atomic mass is 10.0. The summed E-state index contributed by atoms with van der Waals surface area (Å²) in [6, 6.07) is 6.19. The van der Waals surface area contributed by atoms with Gasteiger partial charge >= 0.3 is 0 Å². The van der Waals surface area contributed by atoms with Crippen LogP contribution in [0.5, 0.6) is 0 Å². The van der Waals surface area contributed by atoms with Crippen LogP contribution in [0.25, 0.3) is 11.3 Å². The van der Waals surface area contributed by atoms with E-state index in [0.717, 1.165) is 11.3 Å². The second-order valence-corrected chi connectivity index (χ2v) is 3.13. The highest BCUT2D eigenvalue weighted by Crippen LogP contribution is 2.26. The molecule has 0 N–H and O–H groups in total. The molecule has 1 aromatic heterocycles. The quantitative estimate of drug-likeness (QED) is 0.662. The Kier molecular flexibility index (Phi) is 1.89. The van der Waals surface area contributed by atoms with Crippen LogP contribution in [0.3, 0.4) is 0 Å². The van der Waals surface area contributed by atoms with Crippen molar-refractivity contribution >= 4 is 0 Å². The number of hydrogen-bond donors (Lipinski definition) is 0. The van der Waals surface area contributed by atoms with E-state index < -0.39 is 0 Å². The van der Waals surface area contributed by atoms with Crippen molar-refractivity contribution in [3.63, 3.8) is 0 Å². The summed E-state index contributed by atoms with van der Waals surface area (Å²) in [6.45, 7) is 4.15. The Morgan fingerprint density at radius 3 is 2.38 bits per heavy atom. The number of benzene rings is 1. The molecule has 1 aromatic carbocycles. The van der Waals surface area contributed by atoms with Gasteiger partial charge in [-0.2, -0.15) is 0 Å². The molecule has 0 radical (unpaired) electrons. The van der Waals surface area contributed by atoms with Gasteiger partial charge < -0.3 is 4.42 Å². The molecule has 0 amide bonds. The van der Waals surface area contributed by atoms with Gasteiger partial charge in [0.1, 0.15) is 0 Å². The average Bonchev–Trinajstić information content (AvgIpc) is 2.57. The normalized spacial score (nSPS) is 10.3. The van der Waals surface area contributed by atoms with Crippen molar-refractivity contribution < 1.29 is 4.42 Å². The number of nitrogens with zero attached hydrogens (tertiary/aromatic N) is 1. The van der Waals surface area contributed by atoms with E-state index in [0.29, 0.717) is 0 Å². The molecule has 0 aliphatic heterocycles. The lowest BCUT2D eigenvalue weighted by molar-refractivity contribution is 0.571. The summed E-state index contributed by atoms with van der Waals surface area (Å²) in [4.78, 5) is 3.91. The van der Waals surface area contributed by atoms with Gasteiger partial charge in [-0.1, -0.05) is 18.2 Å². The van der Waals surface area contributed by atoms with E-state index in [4.69, 9.17) is 4.42 Å². The first kappa shape index (κ1) is 8.05. The van der Waals surface area contributed by atoms with Crippen LogP contribution in [0.4, 0.5) is 0 Å². The van der Waals surface area contributed by atoms with Gasteiger partial charge in [0.25, 0.3) is 0 Å². The molecule has 0 spiro atoms. The van der Waals surface area contributed by atoms with Crippen LogP contribution in [-0.2, 0) is 0 Å². The zero-order chi connectivity index (χ0) is 9.26. The van der Waals surface area contributed by atoms with E-state index in [9.17, 15) is 0 Å². The van der Waals surface area contributed by atoms with E-state index in [1.807, 2.05) is 6.07 Å². The topological polar surface area (TPSA) is 26.0 Å². The van der Waals surface area contributed by atoms with Gasteiger partial charge in [0.2, 0.25) is 0 Å². The largest absolute Gasteiger partial charge is 0.444 e. The van der Waals surface area contributed by atoms with Crippen molar-refractivity contribution in [3.05, 3.63) is 41.9 Å². The van der Waals surface area contributed by atoms with Crippen LogP contribution in [0.15, 0.2) is 35.2 Å². The zero-order valence-corrected chi connectivity index (χ0v) is 7.74. The molecule has 0 aliphatic carbocycles. The number of hydrogen-bond acceptors (Lipinski definition) is 2. The third kappa shape index (κ3) is 1.35. The smallest absolute Gasteiger partial charge is 0.181 e. The summed E-state index contributed by atoms with van der Waals surface area (Å²) in [5, 5.41) is 0. The maximum atomic E-state index is 5.27. The minimum atomic E-state index is 0.843. The maximum Gasteiger partial charge on any atom is 0.181 e. The molecular weight excluding hydrogens is 162 g/mol. The van der Waals surface area contributed by atoms with Crippen LogP contribution < -0.4 is 0 Å². The lowest BCUT2D eigenvalue weighted by Gasteiger charge is -2.04. The van der Waals surface area contributed by atoms with Crippen molar-refractivity contribution in [2.45, 2.75) is 13.8 Å². The van der Waals surface area contributed by atoms with Crippen molar-refractivity contribution in [2.24, 2.45) is 0 Å². The van der Waals surface area contributed by atoms with E-state index in [-0.39, 0.29) is 0 Å². The maximum absolute atomic E-state index is 5.27. The van der Waals surface area contributed by atoms with Gasteiger partial charge in [0, 0.05) is 5.56 Å². The Hall–Kier alpha value is -1.57. The van der Waals surface area contributed by atoms with E-state index in [1.165, 1.54) is 17.5 Å². The third-order valence-corrected chi connectivity index (χ3v) is 2.16. The van der Waals surface area contributed by atoms with Gasteiger partial charge in [0.05, 0.1) is 6.20 Å². The van der Waals surface area contributed by atoms with Gasteiger partial charge in [-0.25, -0.2) is 4.98 Å². The first-order valence-corrected chi connectivity index (χ1v) is 4.24. The molecule has 0 unspecified atom stereocenters. The van der Waals surface area contributed by atoms with E-state index in [1.54, 1.807) is 6.20 Å². The molecule has 0 aliphatic rings. The molecule has 1 heterocycles. The fraction of sp³-hybridized carbons (Fsp3) is 0.182. The predicted molar refractivity (Wildman–Crippen MR) is 51.4 cm³/mol.